The van der Waals surface area contributed by atoms with E-state index in [-0.39, 0.29) is 18.3 Å². The summed E-state index contributed by atoms with van der Waals surface area (Å²) in [6.45, 7) is 0.519. The van der Waals surface area contributed by atoms with Crippen molar-refractivity contribution in [3.05, 3.63) is 90.3 Å². The van der Waals surface area contributed by atoms with Crippen LogP contribution in [0.4, 0.5) is 5.69 Å². The SMILES string of the molecule is O=C(CC1CC1)c1ccc(-n2ncc3cc(NC(=O)c4ccc5ccn(CCO)c5c4)ccc32)cc1. The molecule has 1 amide bonds. The maximum absolute atomic E-state index is 13.0. The van der Waals surface area contributed by atoms with E-state index < -0.39 is 0 Å². The fraction of sp³-hybridized carbons (Fsp3) is 0.207. The molecule has 7 nitrogen and oxygen atoms in total. The number of aliphatic hydroxyl groups is 1. The number of nitrogens with zero attached hydrogens (tertiary/aromatic N) is 3. The number of nitrogens with one attached hydrogen (secondary N) is 1. The van der Waals surface area contributed by atoms with Crippen LogP contribution in [-0.2, 0) is 6.54 Å². The summed E-state index contributed by atoms with van der Waals surface area (Å²) in [4.78, 5) is 25.3. The Morgan fingerprint density at radius 2 is 1.72 bits per heavy atom. The van der Waals surface area contributed by atoms with Crippen molar-refractivity contribution in [3.8, 4) is 5.69 Å². The fourth-order valence-electron chi connectivity index (χ4n) is 4.64. The van der Waals surface area contributed by atoms with Crippen molar-refractivity contribution in [1.29, 1.82) is 0 Å². The summed E-state index contributed by atoms with van der Waals surface area (Å²) in [6.07, 6.45) is 6.65. The molecule has 0 spiro atoms. The highest BCUT2D eigenvalue weighted by molar-refractivity contribution is 6.07. The molecule has 5 aromatic rings. The Hall–Kier alpha value is -4.23. The number of hydrogen-bond acceptors (Lipinski definition) is 4. The number of carbonyl (C=O) groups is 2. The Morgan fingerprint density at radius 1 is 0.917 bits per heavy atom. The average Bonchev–Trinajstić information content (AvgIpc) is 3.47. The molecule has 0 aliphatic heterocycles. The number of aliphatic hydroxyl groups excluding tert-OH is 1. The summed E-state index contributed by atoms with van der Waals surface area (Å²) in [5.41, 5.74) is 4.67. The van der Waals surface area contributed by atoms with E-state index in [1.54, 1.807) is 12.3 Å². The quantitative estimate of drug-likeness (QED) is 0.300. The Labute approximate surface area is 208 Å². The average molecular weight is 479 g/mol. The molecule has 0 bridgehead atoms. The lowest BCUT2D eigenvalue weighted by Gasteiger charge is -2.08. The lowest BCUT2D eigenvalue weighted by Crippen LogP contribution is -2.12. The third kappa shape index (κ3) is 4.29. The van der Waals surface area contributed by atoms with Crippen LogP contribution in [0.15, 0.2) is 79.1 Å². The number of hydrogen-bond donors (Lipinski definition) is 2. The summed E-state index contributed by atoms with van der Waals surface area (Å²) in [7, 11) is 0. The monoisotopic (exact) mass is 478 g/mol. The van der Waals surface area contributed by atoms with Gasteiger partial charge in [-0.05, 0) is 84.8 Å². The van der Waals surface area contributed by atoms with Gasteiger partial charge in [0, 0.05) is 46.9 Å². The zero-order valence-electron chi connectivity index (χ0n) is 19.7. The minimum Gasteiger partial charge on any atom is -0.395 e. The zero-order valence-corrected chi connectivity index (χ0v) is 19.7. The van der Waals surface area contributed by atoms with E-state index in [1.807, 2.05) is 76.1 Å². The largest absolute Gasteiger partial charge is 0.395 e. The normalized spacial score (nSPS) is 13.4. The lowest BCUT2D eigenvalue weighted by atomic mass is 10.1. The van der Waals surface area contributed by atoms with Gasteiger partial charge < -0.3 is 15.0 Å². The van der Waals surface area contributed by atoms with E-state index in [4.69, 9.17) is 0 Å². The number of amides is 1. The van der Waals surface area contributed by atoms with Gasteiger partial charge in [0.15, 0.2) is 5.78 Å². The molecule has 180 valence electrons. The minimum atomic E-state index is -0.202. The lowest BCUT2D eigenvalue weighted by molar-refractivity contribution is 0.0974. The van der Waals surface area contributed by atoms with E-state index in [1.165, 1.54) is 12.8 Å². The second kappa shape index (κ2) is 9.09. The molecule has 7 heteroatoms. The van der Waals surface area contributed by atoms with E-state index in [9.17, 15) is 14.7 Å². The van der Waals surface area contributed by atoms with Crippen LogP contribution in [0, 0.1) is 5.92 Å². The van der Waals surface area contributed by atoms with Crippen molar-refractivity contribution in [2.75, 3.05) is 11.9 Å². The molecule has 2 N–H and O–H groups in total. The van der Waals surface area contributed by atoms with Gasteiger partial charge in [0.1, 0.15) is 0 Å². The van der Waals surface area contributed by atoms with Crippen molar-refractivity contribution in [1.82, 2.24) is 14.3 Å². The maximum atomic E-state index is 13.0. The highest BCUT2D eigenvalue weighted by Crippen LogP contribution is 2.33. The fourth-order valence-corrected chi connectivity index (χ4v) is 4.64. The van der Waals surface area contributed by atoms with Gasteiger partial charge in [-0.2, -0.15) is 5.10 Å². The molecule has 2 aromatic heterocycles. The van der Waals surface area contributed by atoms with Crippen LogP contribution < -0.4 is 5.32 Å². The molecular formula is C29H26N4O3. The molecule has 0 unspecified atom stereocenters. The zero-order chi connectivity index (χ0) is 24.6. The molecular weight excluding hydrogens is 452 g/mol. The molecule has 0 atom stereocenters. The van der Waals surface area contributed by atoms with Crippen LogP contribution in [-0.4, -0.2) is 37.8 Å². The van der Waals surface area contributed by atoms with E-state index in [2.05, 4.69) is 10.4 Å². The Morgan fingerprint density at radius 3 is 2.50 bits per heavy atom. The number of rotatable bonds is 8. The van der Waals surface area contributed by atoms with E-state index >= 15 is 0 Å². The van der Waals surface area contributed by atoms with Crippen molar-refractivity contribution in [2.24, 2.45) is 5.92 Å². The predicted octanol–water partition coefficient (Wildman–Crippen LogP) is 5.21. The highest BCUT2D eigenvalue weighted by Gasteiger charge is 2.24. The summed E-state index contributed by atoms with van der Waals surface area (Å²) in [5.74, 6) is 0.574. The smallest absolute Gasteiger partial charge is 0.255 e. The molecule has 1 fully saturated rings. The Balaban J connectivity index is 1.20. The van der Waals surface area contributed by atoms with Crippen LogP contribution in [0.25, 0.3) is 27.5 Å². The van der Waals surface area contributed by atoms with E-state index in [0.717, 1.165) is 33.1 Å². The summed E-state index contributed by atoms with van der Waals surface area (Å²) in [6, 6.07) is 20.8. The molecule has 0 saturated heterocycles. The number of fused-ring (bicyclic) bond motifs is 2. The first-order chi connectivity index (χ1) is 17.6. The molecule has 3 aromatic carbocycles. The van der Waals surface area contributed by atoms with Gasteiger partial charge in [0.25, 0.3) is 5.91 Å². The van der Waals surface area contributed by atoms with Crippen molar-refractivity contribution >= 4 is 39.2 Å². The van der Waals surface area contributed by atoms with E-state index in [0.29, 0.717) is 30.1 Å². The second-order valence-electron chi connectivity index (χ2n) is 9.41. The second-order valence-corrected chi connectivity index (χ2v) is 9.41. The highest BCUT2D eigenvalue weighted by atomic mass is 16.3. The molecule has 1 aliphatic carbocycles. The minimum absolute atomic E-state index is 0.0383. The number of carbonyl (C=O) groups excluding carboxylic acids is 2. The van der Waals surface area contributed by atoms with Crippen LogP contribution in [0.3, 0.4) is 0 Å². The number of benzene rings is 3. The Bertz CT molecular complexity index is 1590. The molecule has 1 saturated carbocycles. The van der Waals surface area contributed by atoms with Crippen molar-refractivity contribution < 1.29 is 14.7 Å². The number of ketones is 1. The van der Waals surface area contributed by atoms with Crippen molar-refractivity contribution in [2.45, 2.75) is 25.8 Å². The summed E-state index contributed by atoms with van der Waals surface area (Å²) < 4.78 is 3.77. The molecule has 36 heavy (non-hydrogen) atoms. The third-order valence-corrected chi connectivity index (χ3v) is 6.81. The molecule has 6 rings (SSSR count). The van der Waals surface area contributed by atoms with Crippen LogP contribution in [0.1, 0.15) is 40.0 Å². The first-order valence-corrected chi connectivity index (χ1v) is 12.2. The molecule has 0 radical (unpaired) electrons. The van der Waals surface area contributed by atoms with Crippen LogP contribution in [0.5, 0.6) is 0 Å². The molecule has 2 heterocycles. The van der Waals surface area contributed by atoms with Gasteiger partial charge >= 0.3 is 0 Å². The first kappa shape index (κ1) is 22.2. The first-order valence-electron chi connectivity index (χ1n) is 12.2. The maximum Gasteiger partial charge on any atom is 0.255 e. The van der Waals surface area contributed by atoms with Gasteiger partial charge in [0.05, 0.1) is 24.0 Å². The summed E-state index contributed by atoms with van der Waals surface area (Å²) in [5, 5.41) is 18.7. The van der Waals surface area contributed by atoms with Gasteiger partial charge in [-0.1, -0.05) is 6.07 Å². The van der Waals surface area contributed by atoms with Gasteiger partial charge in [0.2, 0.25) is 0 Å². The Kier molecular flexibility index (Phi) is 5.62. The van der Waals surface area contributed by atoms with Gasteiger partial charge in [-0.25, -0.2) is 4.68 Å². The van der Waals surface area contributed by atoms with Gasteiger partial charge in [-0.3, -0.25) is 9.59 Å². The number of anilines is 1. The number of Topliss-reactive ketones (excluding diaryl/α,β-unsaturated/α-hetero) is 1. The number of aromatic nitrogens is 3. The topological polar surface area (TPSA) is 89.2 Å². The predicted molar refractivity (Wildman–Crippen MR) is 140 cm³/mol. The van der Waals surface area contributed by atoms with Crippen molar-refractivity contribution in [3.63, 3.8) is 0 Å². The third-order valence-electron chi connectivity index (χ3n) is 6.81. The van der Waals surface area contributed by atoms with Gasteiger partial charge in [-0.15, -0.1) is 0 Å². The van der Waals surface area contributed by atoms with Crippen LogP contribution in [0.2, 0.25) is 0 Å². The molecule has 1 aliphatic rings. The van der Waals surface area contributed by atoms with Crippen LogP contribution >= 0.6 is 0 Å². The summed E-state index contributed by atoms with van der Waals surface area (Å²) >= 11 is 0. The standard InChI is InChI=1S/C29H26N4O3/c34-14-13-32-12-11-20-3-4-22(17-27(20)32)29(36)31-24-7-10-26-23(16-24)18-30-33(26)25-8-5-21(6-9-25)28(35)15-19-1-2-19/h3-12,16-19,34H,1-2,13-15H2,(H,31,36).